The predicted octanol–water partition coefficient (Wildman–Crippen LogP) is 16.5. The van der Waals surface area contributed by atoms with Crippen LogP contribution in [0.25, 0.3) is 0 Å². The second-order valence-electron chi connectivity index (χ2n) is 18.8. The molecule has 344 valence electrons. The van der Waals surface area contributed by atoms with Gasteiger partial charge in [-0.15, -0.1) is 0 Å². The van der Waals surface area contributed by atoms with Crippen molar-refractivity contribution < 1.29 is 28.6 Å². The van der Waals surface area contributed by atoms with Crippen molar-refractivity contribution in [3.8, 4) is 0 Å². The van der Waals surface area contributed by atoms with Crippen LogP contribution in [0.2, 0.25) is 0 Å². The van der Waals surface area contributed by atoms with Gasteiger partial charge < -0.3 is 14.2 Å². The number of rotatable bonds is 46. The predicted molar refractivity (Wildman–Crippen MR) is 247 cm³/mol. The van der Waals surface area contributed by atoms with Gasteiger partial charge in [0.25, 0.3) is 0 Å². The molecule has 0 aliphatic heterocycles. The van der Waals surface area contributed by atoms with Gasteiger partial charge in [-0.05, 0) is 31.1 Å². The summed E-state index contributed by atoms with van der Waals surface area (Å²) >= 11 is 0. The standard InChI is InChI=1S/C52H100O6/c1-6-7-8-9-10-11-12-14-18-21-27-32-37-42-50(53)56-45-49(58-52(55)44-39-34-29-24-23-26-31-36-41-48(4)5)46-57-51(54)43-38-33-28-22-19-16-13-15-17-20-25-30-35-40-47(2)3/h47-49H,6-46H2,1-5H3/t49-/m1/s1. The lowest BCUT2D eigenvalue weighted by Crippen LogP contribution is -2.30. The molecule has 0 saturated heterocycles. The Morgan fingerprint density at radius 2 is 0.569 bits per heavy atom. The first kappa shape index (κ1) is 56.4. The van der Waals surface area contributed by atoms with E-state index in [9.17, 15) is 14.4 Å². The largest absolute Gasteiger partial charge is 0.462 e. The fraction of sp³-hybridized carbons (Fsp3) is 0.942. The Morgan fingerprint density at radius 3 is 0.845 bits per heavy atom. The SMILES string of the molecule is CCCCCCCCCCCCCCCC(=O)OC[C@H](COC(=O)CCCCCCCCCCCCCCCC(C)C)OC(=O)CCCCCCCCCCC(C)C. The van der Waals surface area contributed by atoms with E-state index in [-0.39, 0.29) is 31.1 Å². The Bertz CT molecular complexity index is 885. The van der Waals surface area contributed by atoms with Crippen molar-refractivity contribution in [2.24, 2.45) is 11.8 Å². The van der Waals surface area contributed by atoms with Crippen LogP contribution in [0.1, 0.15) is 285 Å². The molecule has 0 aliphatic rings. The van der Waals surface area contributed by atoms with Gasteiger partial charge in [-0.1, -0.05) is 247 Å². The molecule has 0 heterocycles. The summed E-state index contributed by atoms with van der Waals surface area (Å²) < 4.78 is 16.8. The molecule has 0 amide bonds. The summed E-state index contributed by atoms with van der Waals surface area (Å²) in [4.78, 5) is 37.9. The van der Waals surface area contributed by atoms with Crippen molar-refractivity contribution in [1.29, 1.82) is 0 Å². The van der Waals surface area contributed by atoms with Crippen molar-refractivity contribution in [3.05, 3.63) is 0 Å². The molecular formula is C52H100O6. The van der Waals surface area contributed by atoms with E-state index in [0.717, 1.165) is 69.6 Å². The minimum absolute atomic E-state index is 0.0641. The molecule has 0 bridgehead atoms. The average molecular weight is 821 g/mol. The van der Waals surface area contributed by atoms with E-state index in [1.54, 1.807) is 0 Å². The number of carbonyl (C=O) groups is 3. The van der Waals surface area contributed by atoms with Gasteiger partial charge in [0.2, 0.25) is 0 Å². The van der Waals surface area contributed by atoms with Crippen molar-refractivity contribution >= 4 is 17.9 Å². The van der Waals surface area contributed by atoms with E-state index >= 15 is 0 Å². The van der Waals surface area contributed by atoms with E-state index in [1.165, 1.54) is 173 Å². The molecule has 0 N–H and O–H groups in total. The molecule has 0 spiro atoms. The molecule has 0 radical (unpaired) electrons. The highest BCUT2D eigenvalue weighted by Crippen LogP contribution is 2.17. The van der Waals surface area contributed by atoms with Crippen LogP contribution in [0.5, 0.6) is 0 Å². The lowest BCUT2D eigenvalue weighted by molar-refractivity contribution is -0.167. The zero-order chi connectivity index (χ0) is 42.6. The fourth-order valence-corrected chi connectivity index (χ4v) is 7.81. The molecule has 1 atom stereocenters. The first-order valence-corrected chi connectivity index (χ1v) is 25.7. The summed E-state index contributed by atoms with van der Waals surface area (Å²) in [7, 11) is 0. The van der Waals surface area contributed by atoms with Crippen LogP contribution < -0.4 is 0 Å². The Labute approximate surface area is 361 Å². The minimum Gasteiger partial charge on any atom is -0.462 e. The molecular weight excluding hydrogens is 721 g/mol. The van der Waals surface area contributed by atoms with Crippen LogP contribution in [0.15, 0.2) is 0 Å². The van der Waals surface area contributed by atoms with Crippen molar-refractivity contribution in [1.82, 2.24) is 0 Å². The molecule has 0 aromatic carbocycles. The van der Waals surface area contributed by atoms with E-state index in [2.05, 4.69) is 34.6 Å². The highest BCUT2D eigenvalue weighted by atomic mass is 16.6. The number of esters is 3. The van der Waals surface area contributed by atoms with Gasteiger partial charge in [0.1, 0.15) is 13.2 Å². The summed E-state index contributed by atoms with van der Waals surface area (Å²) in [5.74, 6) is 0.783. The minimum atomic E-state index is -0.761. The second kappa shape index (κ2) is 44.9. The molecule has 0 saturated carbocycles. The summed E-state index contributed by atoms with van der Waals surface area (Å²) in [6, 6.07) is 0. The molecule has 0 unspecified atom stereocenters. The monoisotopic (exact) mass is 821 g/mol. The van der Waals surface area contributed by atoms with Crippen LogP contribution in [-0.4, -0.2) is 37.2 Å². The second-order valence-corrected chi connectivity index (χ2v) is 18.8. The summed E-state index contributed by atoms with van der Waals surface area (Å²) in [6.45, 7) is 11.3. The first-order chi connectivity index (χ1) is 28.2. The van der Waals surface area contributed by atoms with Crippen molar-refractivity contribution in [3.63, 3.8) is 0 Å². The van der Waals surface area contributed by atoms with Crippen LogP contribution >= 0.6 is 0 Å². The zero-order valence-corrected chi connectivity index (χ0v) is 39.7. The van der Waals surface area contributed by atoms with E-state index < -0.39 is 6.10 Å². The maximum Gasteiger partial charge on any atom is 0.306 e. The topological polar surface area (TPSA) is 78.9 Å². The third kappa shape index (κ3) is 45.5. The molecule has 0 fully saturated rings. The van der Waals surface area contributed by atoms with Crippen LogP contribution in [0.4, 0.5) is 0 Å². The first-order valence-electron chi connectivity index (χ1n) is 25.7. The van der Waals surface area contributed by atoms with Crippen LogP contribution in [0.3, 0.4) is 0 Å². The summed E-state index contributed by atoms with van der Waals surface area (Å²) in [5.41, 5.74) is 0. The molecule has 58 heavy (non-hydrogen) atoms. The summed E-state index contributed by atoms with van der Waals surface area (Å²) in [5, 5.41) is 0. The molecule has 0 aliphatic carbocycles. The smallest absolute Gasteiger partial charge is 0.306 e. The highest BCUT2D eigenvalue weighted by Gasteiger charge is 2.19. The normalized spacial score (nSPS) is 12.1. The van der Waals surface area contributed by atoms with Gasteiger partial charge in [0.15, 0.2) is 6.10 Å². The average Bonchev–Trinajstić information content (AvgIpc) is 3.19. The molecule has 0 aromatic rings. The van der Waals surface area contributed by atoms with Crippen LogP contribution in [0, 0.1) is 11.8 Å². The van der Waals surface area contributed by atoms with Gasteiger partial charge in [-0.25, -0.2) is 0 Å². The summed E-state index contributed by atoms with van der Waals surface area (Å²) in [6.07, 6.45) is 45.2. The van der Waals surface area contributed by atoms with Gasteiger partial charge in [-0.2, -0.15) is 0 Å². The lowest BCUT2D eigenvalue weighted by atomic mass is 10.0. The van der Waals surface area contributed by atoms with Gasteiger partial charge in [0.05, 0.1) is 0 Å². The number of hydrogen-bond donors (Lipinski definition) is 0. The number of hydrogen-bond acceptors (Lipinski definition) is 6. The van der Waals surface area contributed by atoms with Crippen LogP contribution in [-0.2, 0) is 28.6 Å². The maximum atomic E-state index is 12.7. The van der Waals surface area contributed by atoms with E-state index in [4.69, 9.17) is 14.2 Å². The third-order valence-electron chi connectivity index (χ3n) is 11.7. The third-order valence-corrected chi connectivity index (χ3v) is 11.7. The Hall–Kier alpha value is -1.59. The number of carbonyl (C=O) groups excluding carboxylic acids is 3. The molecule has 6 nitrogen and oxygen atoms in total. The van der Waals surface area contributed by atoms with Gasteiger partial charge in [0, 0.05) is 19.3 Å². The van der Waals surface area contributed by atoms with E-state index in [0.29, 0.717) is 19.3 Å². The molecule has 0 aromatic heterocycles. The number of ether oxygens (including phenoxy) is 3. The Balaban J connectivity index is 4.29. The maximum absolute atomic E-state index is 12.7. The quantitative estimate of drug-likeness (QED) is 0.0346. The molecule has 6 heteroatoms. The molecule has 0 rings (SSSR count). The van der Waals surface area contributed by atoms with Gasteiger partial charge in [-0.3, -0.25) is 14.4 Å². The van der Waals surface area contributed by atoms with E-state index in [1.807, 2.05) is 0 Å². The zero-order valence-electron chi connectivity index (χ0n) is 39.7. The highest BCUT2D eigenvalue weighted by molar-refractivity contribution is 5.71. The fourth-order valence-electron chi connectivity index (χ4n) is 7.81. The Kier molecular flexibility index (Phi) is 43.7. The Morgan fingerprint density at radius 1 is 0.328 bits per heavy atom. The van der Waals surface area contributed by atoms with Gasteiger partial charge >= 0.3 is 17.9 Å². The van der Waals surface area contributed by atoms with Crippen molar-refractivity contribution in [2.75, 3.05) is 13.2 Å². The lowest BCUT2D eigenvalue weighted by Gasteiger charge is -2.18. The number of unbranched alkanes of at least 4 members (excludes halogenated alkanes) is 31. The van der Waals surface area contributed by atoms with Crippen molar-refractivity contribution in [2.45, 2.75) is 291 Å².